The second kappa shape index (κ2) is 10.6. The molecule has 0 saturated heterocycles. The summed E-state index contributed by atoms with van der Waals surface area (Å²) in [7, 11) is 0. The predicted molar refractivity (Wildman–Crippen MR) is 84.7 cm³/mol. The molecule has 20 heavy (non-hydrogen) atoms. The third-order valence-corrected chi connectivity index (χ3v) is 3.23. The molecule has 0 radical (unpaired) electrons. The van der Waals surface area contributed by atoms with E-state index in [4.69, 9.17) is 9.47 Å². The standard InChI is InChI=1S/C17H29NO2/c1-4-10-15(18-5-2)11-9-14-20-17-13-8-7-12-16(17)19-6-3/h7-8,12-13,15,18H,4-6,9-11,14H2,1-3H3. The topological polar surface area (TPSA) is 30.5 Å². The van der Waals surface area contributed by atoms with Crippen molar-refractivity contribution < 1.29 is 9.47 Å². The Kier molecular flexibility index (Phi) is 8.88. The highest BCUT2D eigenvalue weighted by Crippen LogP contribution is 2.26. The van der Waals surface area contributed by atoms with Crippen LogP contribution in [0.25, 0.3) is 0 Å². The van der Waals surface area contributed by atoms with Crippen molar-refractivity contribution in [1.29, 1.82) is 0 Å². The van der Waals surface area contributed by atoms with E-state index in [0.717, 1.165) is 31.1 Å². The van der Waals surface area contributed by atoms with E-state index in [9.17, 15) is 0 Å². The third-order valence-electron chi connectivity index (χ3n) is 3.23. The van der Waals surface area contributed by atoms with E-state index in [2.05, 4.69) is 19.2 Å². The highest BCUT2D eigenvalue weighted by Gasteiger charge is 2.07. The summed E-state index contributed by atoms with van der Waals surface area (Å²) in [6.45, 7) is 8.84. The number of hydrogen-bond acceptors (Lipinski definition) is 3. The molecule has 1 unspecified atom stereocenters. The Labute approximate surface area is 123 Å². The van der Waals surface area contributed by atoms with Gasteiger partial charge in [0, 0.05) is 6.04 Å². The lowest BCUT2D eigenvalue weighted by Gasteiger charge is -2.17. The first-order valence-corrected chi connectivity index (χ1v) is 7.89. The molecule has 1 N–H and O–H groups in total. The fraction of sp³-hybridized carbons (Fsp3) is 0.647. The minimum atomic E-state index is 0.621. The number of hydrogen-bond donors (Lipinski definition) is 1. The quantitative estimate of drug-likeness (QED) is 0.621. The molecule has 0 saturated carbocycles. The first kappa shape index (κ1) is 16.8. The van der Waals surface area contributed by atoms with Crippen molar-refractivity contribution >= 4 is 0 Å². The molecule has 1 atom stereocenters. The van der Waals surface area contributed by atoms with Crippen LogP contribution in [0.15, 0.2) is 24.3 Å². The van der Waals surface area contributed by atoms with Crippen molar-refractivity contribution in [2.45, 2.75) is 52.5 Å². The number of para-hydroxylation sites is 2. The Bertz CT molecular complexity index is 349. The number of nitrogens with one attached hydrogen (secondary N) is 1. The predicted octanol–water partition coefficient (Wildman–Crippen LogP) is 4.02. The van der Waals surface area contributed by atoms with E-state index in [0.29, 0.717) is 12.6 Å². The molecule has 0 fully saturated rings. The third kappa shape index (κ3) is 6.29. The van der Waals surface area contributed by atoms with Gasteiger partial charge in [-0.3, -0.25) is 0 Å². The summed E-state index contributed by atoms with van der Waals surface area (Å²) in [5.41, 5.74) is 0. The van der Waals surface area contributed by atoms with E-state index in [1.807, 2.05) is 31.2 Å². The summed E-state index contributed by atoms with van der Waals surface area (Å²) in [4.78, 5) is 0. The first-order valence-electron chi connectivity index (χ1n) is 7.89. The zero-order chi connectivity index (χ0) is 14.6. The molecule has 1 aromatic carbocycles. The van der Waals surface area contributed by atoms with Crippen molar-refractivity contribution in [1.82, 2.24) is 5.32 Å². The monoisotopic (exact) mass is 279 g/mol. The van der Waals surface area contributed by atoms with Gasteiger partial charge in [-0.2, -0.15) is 0 Å². The van der Waals surface area contributed by atoms with E-state index in [1.165, 1.54) is 19.3 Å². The Morgan fingerprint density at radius 3 is 2.30 bits per heavy atom. The number of benzene rings is 1. The zero-order valence-electron chi connectivity index (χ0n) is 13.2. The van der Waals surface area contributed by atoms with Gasteiger partial charge in [-0.05, 0) is 44.9 Å². The summed E-state index contributed by atoms with van der Waals surface area (Å²) in [5.74, 6) is 1.69. The lowest BCUT2D eigenvalue weighted by atomic mass is 10.1. The van der Waals surface area contributed by atoms with Crippen LogP contribution in [0, 0.1) is 0 Å². The van der Waals surface area contributed by atoms with Gasteiger partial charge in [0.05, 0.1) is 13.2 Å². The van der Waals surface area contributed by atoms with Gasteiger partial charge in [0.2, 0.25) is 0 Å². The molecule has 1 aromatic rings. The highest BCUT2D eigenvalue weighted by molar-refractivity contribution is 5.39. The van der Waals surface area contributed by atoms with Gasteiger partial charge in [-0.1, -0.05) is 32.4 Å². The van der Waals surface area contributed by atoms with Crippen molar-refractivity contribution in [2.75, 3.05) is 19.8 Å². The Morgan fingerprint density at radius 1 is 1.00 bits per heavy atom. The van der Waals surface area contributed by atoms with Gasteiger partial charge in [0.25, 0.3) is 0 Å². The van der Waals surface area contributed by atoms with E-state index >= 15 is 0 Å². The van der Waals surface area contributed by atoms with Crippen molar-refractivity contribution in [3.8, 4) is 11.5 Å². The van der Waals surface area contributed by atoms with Crippen LogP contribution < -0.4 is 14.8 Å². The fourth-order valence-corrected chi connectivity index (χ4v) is 2.34. The highest BCUT2D eigenvalue weighted by atomic mass is 16.5. The maximum Gasteiger partial charge on any atom is 0.161 e. The van der Waals surface area contributed by atoms with Crippen LogP contribution in [-0.2, 0) is 0 Å². The second-order valence-corrected chi connectivity index (χ2v) is 4.91. The van der Waals surface area contributed by atoms with Gasteiger partial charge in [0.15, 0.2) is 11.5 Å². The average Bonchev–Trinajstić information content (AvgIpc) is 2.46. The first-order chi connectivity index (χ1) is 9.81. The SMILES string of the molecule is CCCC(CCCOc1ccccc1OCC)NCC. The van der Waals surface area contributed by atoms with Crippen LogP contribution in [0.1, 0.15) is 46.5 Å². The van der Waals surface area contributed by atoms with E-state index < -0.39 is 0 Å². The number of rotatable bonds is 11. The van der Waals surface area contributed by atoms with Gasteiger partial charge in [-0.25, -0.2) is 0 Å². The summed E-state index contributed by atoms with van der Waals surface area (Å²) in [5, 5.41) is 3.53. The molecule has 114 valence electrons. The Hall–Kier alpha value is -1.22. The maximum atomic E-state index is 5.84. The maximum absolute atomic E-state index is 5.84. The summed E-state index contributed by atoms with van der Waals surface area (Å²) in [6.07, 6.45) is 4.70. The minimum absolute atomic E-state index is 0.621. The van der Waals surface area contributed by atoms with Crippen LogP contribution in [0.3, 0.4) is 0 Å². The molecule has 0 aliphatic carbocycles. The largest absolute Gasteiger partial charge is 0.490 e. The van der Waals surface area contributed by atoms with E-state index in [-0.39, 0.29) is 0 Å². The lowest BCUT2D eigenvalue weighted by molar-refractivity contribution is 0.265. The van der Waals surface area contributed by atoms with Crippen LogP contribution in [0.5, 0.6) is 11.5 Å². The molecule has 0 heterocycles. The summed E-state index contributed by atoms with van der Waals surface area (Å²) >= 11 is 0. The van der Waals surface area contributed by atoms with Gasteiger partial charge < -0.3 is 14.8 Å². The number of ether oxygens (including phenoxy) is 2. The molecule has 3 nitrogen and oxygen atoms in total. The van der Waals surface area contributed by atoms with Gasteiger partial charge in [-0.15, -0.1) is 0 Å². The van der Waals surface area contributed by atoms with Crippen LogP contribution in [0.4, 0.5) is 0 Å². The Balaban J connectivity index is 2.32. The van der Waals surface area contributed by atoms with Crippen molar-refractivity contribution in [3.63, 3.8) is 0 Å². The molecule has 0 aliphatic rings. The second-order valence-electron chi connectivity index (χ2n) is 4.91. The zero-order valence-corrected chi connectivity index (χ0v) is 13.2. The van der Waals surface area contributed by atoms with Crippen LogP contribution >= 0.6 is 0 Å². The Morgan fingerprint density at radius 2 is 1.70 bits per heavy atom. The normalized spacial score (nSPS) is 12.2. The van der Waals surface area contributed by atoms with E-state index in [1.54, 1.807) is 0 Å². The molecule has 0 aliphatic heterocycles. The molecule has 1 rings (SSSR count). The molecule has 3 heteroatoms. The minimum Gasteiger partial charge on any atom is -0.490 e. The van der Waals surface area contributed by atoms with Gasteiger partial charge in [0.1, 0.15) is 0 Å². The molecule has 0 amide bonds. The molecule has 0 bridgehead atoms. The van der Waals surface area contributed by atoms with Crippen LogP contribution in [0.2, 0.25) is 0 Å². The van der Waals surface area contributed by atoms with Crippen molar-refractivity contribution in [2.24, 2.45) is 0 Å². The van der Waals surface area contributed by atoms with Crippen LogP contribution in [-0.4, -0.2) is 25.8 Å². The van der Waals surface area contributed by atoms with Gasteiger partial charge >= 0.3 is 0 Å². The molecule has 0 aromatic heterocycles. The van der Waals surface area contributed by atoms with Crippen molar-refractivity contribution in [3.05, 3.63) is 24.3 Å². The smallest absolute Gasteiger partial charge is 0.161 e. The molecular formula is C17H29NO2. The average molecular weight is 279 g/mol. The summed E-state index contributed by atoms with van der Waals surface area (Å²) in [6, 6.07) is 8.50. The lowest BCUT2D eigenvalue weighted by Crippen LogP contribution is -2.29. The molecule has 0 spiro atoms. The fourth-order valence-electron chi connectivity index (χ4n) is 2.34. The summed E-state index contributed by atoms with van der Waals surface area (Å²) < 4.78 is 11.4. The molecular weight excluding hydrogens is 250 g/mol.